The van der Waals surface area contributed by atoms with Crippen molar-refractivity contribution in [1.29, 1.82) is 0 Å². The lowest BCUT2D eigenvalue weighted by atomic mass is 10.1. The first-order valence-corrected chi connectivity index (χ1v) is 7.65. The number of nitrogens with zero attached hydrogens (tertiary/aromatic N) is 5. The second-order valence-corrected chi connectivity index (χ2v) is 5.10. The third-order valence-electron chi connectivity index (χ3n) is 3.31. The van der Waals surface area contributed by atoms with Gasteiger partial charge >= 0.3 is 0 Å². The summed E-state index contributed by atoms with van der Waals surface area (Å²) >= 11 is 0. The smallest absolute Gasteiger partial charge is 0.251 e. The van der Waals surface area contributed by atoms with Crippen LogP contribution in [0.1, 0.15) is 23.7 Å². The maximum absolute atomic E-state index is 11.9. The van der Waals surface area contributed by atoms with Crippen molar-refractivity contribution in [2.45, 2.75) is 13.3 Å². The Labute approximate surface area is 139 Å². The van der Waals surface area contributed by atoms with E-state index in [-0.39, 0.29) is 5.91 Å². The molecule has 0 bridgehead atoms. The molecule has 0 spiro atoms. The minimum absolute atomic E-state index is 0.0916. The molecule has 0 saturated heterocycles. The largest absolute Gasteiger partial charge is 0.352 e. The van der Waals surface area contributed by atoms with E-state index in [1.165, 1.54) is 0 Å². The van der Waals surface area contributed by atoms with E-state index < -0.39 is 0 Å². The summed E-state index contributed by atoms with van der Waals surface area (Å²) < 4.78 is 0. The van der Waals surface area contributed by atoms with E-state index in [1.807, 2.05) is 19.1 Å². The van der Waals surface area contributed by atoms with Crippen molar-refractivity contribution in [3.05, 3.63) is 54.2 Å². The van der Waals surface area contributed by atoms with Crippen LogP contribution in [-0.2, 0) is 0 Å². The molecule has 0 fully saturated rings. The first-order valence-electron chi connectivity index (χ1n) is 7.65. The average molecular weight is 320 g/mol. The molecular formula is C17H16N6O. The summed E-state index contributed by atoms with van der Waals surface area (Å²) in [5.41, 5.74) is 1.96. The zero-order valence-corrected chi connectivity index (χ0v) is 13.2. The molecule has 7 heteroatoms. The summed E-state index contributed by atoms with van der Waals surface area (Å²) in [5.74, 6) is 0.677. The second kappa shape index (κ2) is 7.36. The van der Waals surface area contributed by atoms with Crippen LogP contribution in [0.5, 0.6) is 0 Å². The third kappa shape index (κ3) is 3.57. The van der Waals surface area contributed by atoms with Crippen molar-refractivity contribution in [1.82, 2.24) is 30.7 Å². The first-order chi connectivity index (χ1) is 11.8. The summed E-state index contributed by atoms with van der Waals surface area (Å²) in [6.07, 6.45) is 2.56. The molecule has 24 heavy (non-hydrogen) atoms. The Bertz CT molecular complexity index is 803. The quantitative estimate of drug-likeness (QED) is 0.774. The Morgan fingerprint density at radius 2 is 1.67 bits per heavy atom. The lowest BCUT2D eigenvalue weighted by molar-refractivity contribution is 0.0953. The average Bonchev–Trinajstić information content (AvgIpc) is 2.67. The minimum Gasteiger partial charge on any atom is -0.352 e. The number of pyridine rings is 1. The number of carbonyl (C=O) groups is 1. The SMILES string of the molecule is CCCNC(=O)c1ccc(-c2nnc(-c3ccccn3)nn2)cc1. The number of benzene rings is 1. The van der Waals surface area contributed by atoms with Crippen molar-refractivity contribution in [2.24, 2.45) is 0 Å². The molecule has 2 heterocycles. The third-order valence-corrected chi connectivity index (χ3v) is 3.31. The van der Waals surface area contributed by atoms with Crippen molar-refractivity contribution in [2.75, 3.05) is 6.54 Å². The number of hydrogen-bond donors (Lipinski definition) is 1. The molecule has 0 unspecified atom stereocenters. The second-order valence-electron chi connectivity index (χ2n) is 5.10. The molecule has 1 amide bonds. The summed E-state index contributed by atoms with van der Waals surface area (Å²) in [6.45, 7) is 2.67. The summed E-state index contributed by atoms with van der Waals surface area (Å²) in [6, 6.07) is 12.5. The lowest BCUT2D eigenvalue weighted by Gasteiger charge is -2.04. The van der Waals surface area contributed by atoms with E-state index in [2.05, 4.69) is 30.7 Å². The fraction of sp³-hybridized carbons (Fsp3) is 0.176. The zero-order chi connectivity index (χ0) is 16.8. The number of amides is 1. The molecule has 3 rings (SSSR count). The predicted octanol–water partition coefficient (Wildman–Crippen LogP) is 2.14. The monoisotopic (exact) mass is 320 g/mol. The van der Waals surface area contributed by atoms with Crippen molar-refractivity contribution in [3.63, 3.8) is 0 Å². The van der Waals surface area contributed by atoms with Crippen LogP contribution in [0.15, 0.2) is 48.7 Å². The van der Waals surface area contributed by atoms with Gasteiger partial charge in [-0.25, -0.2) is 0 Å². The minimum atomic E-state index is -0.0916. The number of rotatable bonds is 5. The molecule has 0 aliphatic carbocycles. The van der Waals surface area contributed by atoms with Crippen LogP contribution < -0.4 is 5.32 Å². The maximum Gasteiger partial charge on any atom is 0.251 e. The van der Waals surface area contributed by atoms with Gasteiger partial charge in [0.25, 0.3) is 5.91 Å². The predicted molar refractivity (Wildman–Crippen MR) is 88.9 cm³/mol. The fourth-order valence-electron chi connectivity index (χ4n) is 2.05. The number of hydrogen-bond acceptors (Lipinski definition) is 6. The number of aromatic nitrogens is 5. The molecule has 0 aliphatic rings. The van der Waals surface area contributed by atoms with Crippen LogP contribution in [0.4, 0.5) is 0 Å². The Hall–Kier alpha value is -3.22. The topological polar surface area (TPSA) is 93.6 Å². The van der Waals surface area contributed by atoms with Gasteiger partial charge in [-0.15, -0.1) is 20.4 Å². The number of nitrogens with one attached hydrogen (secondary N) is 1. The van der Waals surface area contributed by atoms with Crippen LogP contribution in [-0.4, -0.2) is 37.8 Å². The molecule has 1 aromatic carbocycles. The van der Waals surface area contributed by atoms with Crippen molar-refractivity contribution < 1.29 is 4.79 Å². The highest BCUT2D eigenvalue weighted by Crippen LogP contribution is 2.15. The number of carbonyl (C=O) groups excluding carboxylic acids is 1. The molecular weight excluding hydrogens is 304 g/mol. The van der Waals surface area contributed by atoms with Crippen LogP contribution in [0, 0.1) is 0 Å². The van der Waals surface area contributed by atoms with Crippen molar-refractivity contribution in [3.8, 4) is 22.9 Å². The highest BCUT2D eigenvalue weighted by Gasteiger charge is 2.09. The van der Waals surface area contributed by atoms with E-state index in [4.69, 9.17) is 0 Å². The maximum atomic E-state index is 11.9. The van der Waals surface area contributed by atoms with Crippen molar-refractivity contribution >= 4 is 5.91 Å². The molecule has 0 aliphatic heterocycles. The van der Waals surface area contributed by atoms with Gasteiger partial charge in [-0.3, -0.25) is 9.78 Å². The standard InChI is InChI=1S/C17H16N6O/c1-2-10-19-17(24)13-8-6-12(7-9-13)15-20-22-16(23-21-15)14-5-3-4-11-18-14/h3-9,11H,2,10H2,1H3,(H,19,24). The zero-order valence-electron chi connectivity index (χ0n) is 13.2. The molecule has 3 aromatic rings. The molecule has 120 valence electrons. The van der Waals surface area contributed by atoms with E-state index in [9.17, 15) is 4.79 Å². The first kappa shape index (κ1) is 15.7. The van der Waals surface area contributed by atoms with E-state index >= 15 is 0 Å². The van der Waals surface area contributed by atoms with Gasteiger partial charge in [0.2, 0.25) is 11.6 Å². The molecule has 0 radical (unpaired) electrons. The van der Waals surface area contributed by atoms with E-state index in [0.717, 1.165) is 12.0 Å². The van der Waals surface area contributed by atoms with E-state index in [1.54, 1.807) is 36.5 Å². The summed E-state index contributed by atoms with van der Waals surface area (Å²) in [7, 11) is 0. The fourth-order valence-corrected chi connectivity index (χ4v) is 2.05. The highest BCUT2D eigenvalue weighted by atomic mass is 16.1. The van der Waals surface area contributed by atoms with Gasteiger partial charge in [0.1, 0.15) is 5.69 Å². The molecule has 0 saturated carbocycles. The van der Waals surface area contributed by atoms with Crippen LogP contribution >= 0.6 is 0 Å². The molecule has 1 N–H and O–H groups in total. The Morgan fingerprint density at radius 3 is 2.29 bits per heavy atom. The molecule has 7 nitrogen and oxygen atoms in total. The van der Waals surface area contributed by atoms with Crippen LogP contribution in [0.2, 0.25) is 0 Å². The lowest BCUT2D eigenvalue weighted by Crippen LogP contribution is -2.23. The van der Waals surface area contributed by atoms with Gasteiger partial charge in [-0.2, -0.15) is 0 Å². The summed E-state index contributed by atoms with van der Waals surface area (Å²) in [5, 5.41) is 19.1. The Balaban J connectivity index is 1.76. The van der Waals surface area contributed by atoms with Crippen LogP contribution in [0.3, 0.4) is 0 Å². The molecule has 2 aromatic heterocycles. The molecule has 0 atom stereocenters. The highest BCUT2D eigenvalue weighted by molar-refractivity contribution is 5.94. The van der Waals surface area contributed by atoms with Gasteiger partial charge < -0.3 is 5.32 Å². The Morgan fingerprint density at radius 1 is 0.958 bits per heavy atom. The summed E-state index contributed by atoms with van der Waals surface area (Å²) in [4.78, 5) is 16.0. The van der Waals surface area contributed by atoms with Crippen LogP contribution in [0.25, 0.3) is 22.9 Å². The van der Waals surface area contributed by atoms with E-state index in [0.29, 0.717) is 29.5 Å². The van der Waals surface area contributed by atoms with Gasteiger partial charge in [0.05, 0.1) is 0 Å². The van der Waals surface area contributed by atoms with Gasteiger partial charge in [-0.05, 0) is 30.7 Å². The van der Waals surface area contributed by atoms with Gasteiger partial charge in [-0.1, -0.05) is 25.1 Å². The Kier molecular flexibility index (Phi) is 4.81. The van der Waals surface area contributed by atoms with Gasteiger partial charge in [0, 0.05) is 23.9 Å². The normalized spacial score (nSPS) is 10.4. The van der Waals surface area contributed by atoms with Gasteiger partial charge in [0.15, 0.2) is 0 Å².